The number of ether oxygens (including phenoxy) is 2. The predicted octanol–water partition coefficient (Wildman–Crippen LogP) is 2.52. The van der Waals surface area contributed by atoms with E-state index in [1.54, 1.807) is 0 Å². The second-order valence-electron chi connectivity index (χ2n) is 10.9. The Morgan fingerprint density at radius 2 is 1.69 bits per heavy atom. The maximum Gasteiger partial charge on any atom is 0.225 e. The average Bonchev–Trinajstić information content (AvgIpc) is 2.86. The second kappa shape index (κ2) is 12.1. The van der Waals surface area contributed by atoms with E-state index in [0.717, 1.165) is 44.6 Å². The van der Waals surface area contributed by atoms with Gasteiger partial charge in [0.05, 0.1) is 19.6 Å². The van der Waals surface area contributed by atoms with Crippen LogP contribution in [-0.4, -0.2) is 117 Å². The van der Waals surface area contributed by atoms with Gasteiger partial charge in [-0.25, -0.2) is 0 Å². The number of rotatable bonds is 7. The van der Waals surface area contributed by atoms with Crippen molar-refractivity contribution in [3.63, 3.8) is 0 Å². The summed E-state index contributed by atoms with van der Waals surface area (Å²) in [4.78, 5) is 35.0. The molecule has 2 amide bonds. The van der Waals surface area contributed by atoms with E-state index >= 15 is 0 Å². The lowest BCUT2D eigenvalue weighted by molar-refractivity contribution is -0.167. The number of benzene rings is 1. The van der Waals surface area contributed by atoms with Crippen LogP contribution in [0.4, 0.5) is 0 Å². The SMILES string of the molecule is Cc1cc(OC[C@]2(CC(=O)N3CCN(C)CC3)CN(C(=O)CC3CCN(C)CC3)CCO2)ccc1Cl. The van der Waals surface area contributed by atoms with E-state index in [2.05, 4.69) is 23.9 Å². The Hall–Kier alpha value is -1.87. The fraction of sp³-hybridized carbons (Fsp3) is 0.704. The van der Waals surface area contributed by atoms with E-state index < -0.39 is 5.60 Å². The molecule has 0 aliphatic carbocycles. The number of morpholine rings is 1. The van der Waals surface area contributed by atoms with E-state index in [0.29, 0.717) is 55.9 Å². The van der Waals surface area contributed by atoms with Crippen LogP contribution in [0.5, 0.6) is 5.75 Å². The third kappa shape index (κ3) is 7.12. The van der Waals surface area contributed by atoms with Crippen molar-refractivity contribution >= 4 is 23.4 Å². The third-order valence-corrected chi connectivity index (χ3v) is 8.29. The summed E-state index contributed by atoms with van der Waals surface area (Å²) in [5, 5.41) is 0.682. The molecule has 4 rings (SSSR count). The van der Waals surface area contributed by atoms with Crippen LogP contribution >= 0.6 is 11.6 Å². The first-order chi connectivity index (χ1) is 17.2. The maximum atomic E-state index is 13.4. The Bertz CT molecular complexity index is 915. The van der Waals surface area contributed by atoms with Crippen LogP contribution in [0.1, 0.15) is 31.2 Å². The lowest BCUT2D eigenvalue weighted by atomic mass is 9.92. The number of hydrogen-bond donors (Lipinski definition) is 0. The summed E-state index contributed by atoms with van der Waals surface area (Å²) in [6.45, 7) is 8.68. The molecule has 36 heavy (non-hydrogen) atoms. The highest BCUT2D eigenvalue weighted by Gasteiger charge is 2.42. The third-order valence-electron chi connectivity index (χ3n) is 7.86. The molecule has 200 valence electrons. The molecule has 1 aromatic carbocycles. The fourth-order valence-corrected chi connectivity index (χ4v) is 5.43. The molecule has 3 fully saturated rings. The van der Waals surface area contributed by atoms with Gasteiger partial charge in [0.15, 0.2) is 0 Å². The zero-order valence-electron chi connectivity index (χ0n) is 22.0. The van der Waals surface area contributed by atoms with Gasteiger partial charge in [-0.05, 0) is 76.6 Å². The Morgan fingerprint density at radius 3 is 2.39 bits per heavy atom. The smallest absolute Gasteiger partial charge is 0.225 e. The number of nitrogens with zero attached hydrogens (tertiary/aromatic N) is 4. The number of hydrogen-bond acceptors (Lipinski definition) is 6. The minimum atomic E-state index is -0.880. The van der Waals surface area contributed by atoms with Gasteiger partial charge >= 0.3 is 0 Å². The highest BCUT2D eigenvalue weighted by Crippen LogP contribution is 2.29. The fourth-order valence-electron chi connectivity index (χ4n) is 5.31. The summed E-state index contributed by atoms with van der Waals surface area (Å²) >= 11 is 6.18. The van der Waals surface area contributed by atoms with Gasteiger partial charge in [0.1, 0.15) is 18.0 Å². The molecule has 0 saturated carbocycles. The van der Waals surface area contributed by atoms with Crippen molar-refractivity contribution in [2.45, 2.75) is 38.2 Å². The van der Waals surface area contributed by atoms with Crippen LogP contribution in [-0.2, 0) is 14.3 Å². The summed E-state index contributed by atoms with van der Waals surface area (Å²) in [5.74, 6) is 1.32. The van der Waals surface area contributed by atoms with Gasteiger partial charge in [0, 0.05) is 44.2 Å². The van der Waals surface area contributed by atoms with Crippen LogP contribution in [0, 0.1) is 12.8 Å². The van der Waals surface area contributed by atoms with Gasteiger partial charge in [-0.15, -0.1) is 0 Å². The molecule has 8 nitrogen and oxygen atoms in total. The van der Waals surface area contributed by atoms with Gasteiger partial charge in [-0.1, -0.05) is 11.6 Å². The topological polar surface area (TPSA) is 65.6 Å². The quantitative estimate of drug-likeness (QED) is 0.550. The van der Waals surface area contributed by atoms with Crippen LogP contribution in [0.2, 0.25) is 5.02 Å². The van der Waals surface area contributed by atoms with Gasteiger partial charge in [0.25, 0.3) is 0 Å². The van der Waals surface area contributed by atoms with Gasteiger partial charge in [-0.2, -0.15) is 0 Å². The summed E-state index contributed by atoms with van der Waals surface area (Å²) in [5.41, 5.74) is 0.0468. The van der Waals surface area contributed by atoms with E-state index in [1.165, 1.54) is 0 Å². The lowest BCUT2D eigenvalue weighted by Gasteiger charge is -2.44. The molecular formula is C27H41ClN4O4. The monoisotopic (exact) mass is 520 g/mol. The number of likely N-dealkylation sites (N-methyl/N-ethyl adjacent to an activating group) is 1. The molecule has 1 aromatic rings. The maximum absolute atomic E-state index is 13.4. The van der Waals surface area contributed by atoms with Crippen LogP contribution in [0.25, 0.3) is 0 Å². The highest BCUT2D eigenvalue weighted by atomic mass is 35.5. The Labute approximate surface area is 220 Å². The largest absolute Gasteiger partial charge is 0.490 e. The summed E-state index contributed by atoms with van der Waals surface area (Å²) in [7, 11) is 4.21. The molecule has 0 bridgehead atoms. The molecule has 3 heterocycles. The number of piperidine rings is 1. The molecule has 0 aromatic heterocycles. The van der Waals surface area contributed by atoms with Gasteiger partial charge < -0.3 is 29.1 Å². The van der Waals surface area contributed by atoms with Crippen LogP contribution in [0.3, 0.4) is 0 Å². The number of carbonyl (C=O) groups is 2. The van der Waals surface area contributed by atoms with Crippen molar-refractivity contribution in [1.82, 2.24) is 19.6 Å². The molecule has 3 aliphatic rings. The number of amides is 2. The Morgan fingerprint density at radius 1 is 1.00 bits per heavy atom. The molecule has 1 atom stereocenters. The first-order valence-corrected chi connectivity index (χ1v) is 13.6. The standard InChI is InChI=1S/C27H41ClN4O4/c1-21-16-23(4-5-24(21)28)35-20-27(18-26(34)31-12-10-30(3)11-13-31)19-32(14-15-36-27)25(33)17-22-6-8-29(2)9-7-22/h4-5,16,22H,6-15,17-20H2,1-3H3/t27-/m0/s1. The van der Waals surface area contributed by atoms with E-state index in [9.17, 15) is 9.59 Å². The molecule has 3 saturated heterocycles. The summed E-state index contributed by atoms with van der Waals surface area (Å²) in [6.07, 6.45) is 2.87. The molecule has 9 heteroatoms. The van der Waals surface area contributed by atoms with Crippen molar-refractivity contribution in [1.29, 1.82) is 0 Å². The molecule has 0 radical (unpaired) electrons. The second-order valence-corrected chi connectivity index (χ2v) is 11.3. The average molecular weight is 521 g/mol. The molecule has 0 spiro atoms. The van der Waals surface area contributed by atoms with Crippen LogP contribution in [0.15, 0.2) is 18.2 Å². The van der Waals surface area contributed by atoms with Crippen molar-refractivity contribution < 1.29 is 19.1 Å². The van der Waals surface area contributed by atoms with Gasteiger partial charge in [0.2, 0.25) is 11.8 Å². The number of piperazine rings is 1. The zero-order chi connectivity index (χ0) is 25.7. The summed E-state index contributed by atoms with van der Waals surface area (Å²) < 4.78 is 12.5. The van der Waals surface area contributed by atoms with Crippen molar-refractivity contribution in [2.75, 3.05) is 79.7 Å². The van der Waals surface area contributed by atoms with Crippen molar-refractivity contribution in [3.8, 4) is 5.75 Å². The first kappa shape index (κ1) is 27.2. The van der Waals surface area contributed by atoms with Gasteiger partial charge in [-0.3, -0.25) is 9.59 Å². The Kier molecular flexibility index (Phi) is 9.15. The lowest BCUT2D eigenvalue weighted by Crippen LogP contribution is -2.59. The van der Waals surface area contributed by atoms with Crippen molar-refractivity contribution in [3.05, 3.63) is 28.8 Å². The van der Waals surface area contributed by atoms with E-state index in [-0.39, 0.29) is 24.8 Å². The predicted molar refractivity (Wildman–Crippen MR) is 140 cm³/mol. The minimum Gasteiger partial charge on any atom is -0.490 e. The first-order valence-electron chi connectivity index (χ1n) is 13.2. The zero-order valence-corrected chi connectivity index (χ0v) is 22.8. The van der Waals surface area contributed by atoms with Crippen molar-refractivity contribution in [2.24, 2.45) is 5.92 Å². The molecular weight excluding hydrogens is 480 g/mol. The highest BCUT2D eigenvalue weighted by molar-refractivity contribution is 6.31. The summed E-state index contributed by atoms with van der Waals surface area (Å²) in [6, 6.07) is 5.54. The normalized spacial score (nSPS) is 24.7. The number of likely N-dealkylation sites (tertiary alicyclic amines) is 1. The molecule has 0 N–H and O–H groups in total. The number of carbonyl (C=O) groups excluding carboxylic acids is 2. The minimum absolute atomic E-state index is 0.0589. The number of halogens is 1. The molecule has 3 aliphatic heterocycles. The van der Waals surface area contributed by atoms with E-state index in [4.69, 9.17) is 21.1 Å². The Balaban J connectivity index is 1.45. The molecule has 0 unspecified atom stereocenters. The number of aryl methyl sites for hydroxylation is 1. The van der Waals surface area contributed by atoms with Crippen LogP contribution < -0.4 is 4.74 Å². The van der Waals surface area contributed by atoms with E-state index in [1.807, 2.05) is 34.9 Å².